The maximum absolute atomic E-state index is 9.53. The molecule has 124 heavy (non-hydrogen) atoms. The molecule has 2 N–H and O–H groups in total. The second-order valence-corrected chi connectivity index (χ2v) is 33.8. The maximum atomic E-state index is 9.53. The fourth-order valence-corrected chi connectivity index (χ4v) is 19.0. The van der Waals surface area contributed by atoms with Gasteiger partial charge in [-0.15, -0.1) is 0 Å². The summed E-state index contributed by atoms with van der Waals surface area (Å²) in [6, 6.07) is 139. The van der Waals surface area contributed by atoms with Gasteiger partial charge in [0.2, 0.25) is 0 Å². The highest BCUT2D eigenvalue weighted by Crippen LogP contribution is 2.49. The van der Waals surface area contributed by atoms with Crippen molar-refractivity contribution in [3.8, 4) is 100 Å². The van der Waals surface area contributed by atoms with E-state index in [2.05, 4.69) is 394 Å². The molecule has 0 aliphatic rings. The molecule has 4 nitrogen and oxygen atoms in total. The molecular weight excluding hydrogens is 1570 g/mol. The van der Waals surface area contributed by atoms with Crippen molar-refractivity contribution in [1.82, 2.24) is 9.97 Å². The number of pyridine rings is 2. The van der Waals surface area contributed by atoms with Crippen LogP contribution in [0.25, 0.3) is 187 Å². The Bertz CT molecular complexity index is 7030. The van der Waals surface area contributed by atoms with Gasteiger partial charge in [0, 0.05) is 31.9 Å². The van der Waals surface area contributed by atoms with Crippen LogP contribution in [0.4, 0.5) is 0 Å². The lowest BCUT2D eigenvalue weighted by Crippen LogP contribution is -2.29. The van der Waals surface area contributed by atoms with Crippen molar-refractivity contribution in [2.75, 3.05) is 0 Å². The summed E-state index contributed by atoms with van der Waals surface area (Å²) < 4.78 is 1.03. The van der Waals surface area contributed by atoms with Crippen LogP contribution in [0.3, 0.4) is 0 Å². The number of hydrogen-bond acceptors (Lipinski definition) is 4. The van der Waals surface area contributed by atoms with Crippen LogP contribution in [0.2, 0.25) is 0 Å². The van der Waals surface area contributed by atoms with E-state index in [4.69, 9.17) is 9.97 Å². The maximum Gasteiger partial charge on any atom is 0.488 e. The van der Waals surface area contributed by atoms with Crippen molar-refractivity contribution < 1.29 is 10.0 Å². The minimum atomic E-state index is -1.47. The van der Waals surface area contributed by atoms with Gasteiger partial charge >= 0.3 is 7.12 Å². The summed E-state index contributed by atoms with van der Waals surface area (Å²) in [7, 11) is -1.47. The fourth-order valence-electron chi connectivity index (χ4n) is 18.6. The zero-order valence-corrected chi connectivity index (χ0v) is 72.2. The Morgan fingerprint density at radius 2 is 0.532 bits per heavy atom. The van der Waals surface area contributed by atoms with Gasteiger partial charge in [0.1, 0.15) is 0 Å². The highest BCUT2D eigenvalue weighted by molar-refractivity contribution is 9.10. The summed E-state index contributed by atoms with van der Waals surface area (Å²) in [6.07, 6.45) is 18.2. The Morgan fingerprint density at radius 1 is 0.234 bits per heavy atom. The monoisotopic (exact) mass is 1670 g/mol. The average Bonchev–Trinajstić information content (AvgIpc) is 0.736. The molecule has 0 radical (unpaired) electrons. The number of rotatable bonds is 24. The summed E-state index contributed by atoms with van der Waals surface area (Å²) in [4.78, 5) is 10.5. The third-order valence-corrected chi connectivity index (χ3v) is 25.5. The van der Waals surface area contributed by atoms with Gasteiger partial charge < -0.3 is 10.0 Å². The average molecular weight is 1670 g/mol. The van der Waals surface area contributed by atoms with Crippen LogP contribution >= 0.6 is 15.9 Å². The second kappa shape index (κ2) is 38.5. The second-order valence-electron chi connectivity index (χ2n) is 32.9. The van der Waals surface area contributed by atoms with E-state index in [1.54, 1.807) is 12.1 Å². The predicted molar refractivity (Wildman–Crippen MR) is 536 cm³/mol. The van der Waals surface area contributed by atoms with Gasteiger partial charge in [0.05, 0.1) is 22.4 Å². The molecular formula is C118H100BBrN2O2. The van der Waals surface area contributed by atoms with Crippen LogP contribution < -0.4 is 5.46 Å². The molecule has 0 atom stereocenters. The van der Waals surface area contributed by atoms with E-state index in [1.165, 1.54) is 226 Å². The number of aryl methyl sites for hydroxylation is 2. The van der Waals surface area contributed by atoms with Crippen molar-refractivity contribution in [2.45, 2.75) is 104 Å². The first-order valence-electron chi connectivity index (χ1n) is 44.5. The molecule has 0 spiro atoms. The van der Waals surface area contributed by atoms with E-state index in [0.29, 0.717) is 5.46 Å². The summed E-state index contributed by atoms with van der Waals surface area (Å²) in [5, 5.41) is 36.2. The number of halogens is 1. The number of benzene rings is 18. The Kier molecular flexibility index (Phi) is 25.4. The van der Waals surface area contributed by atoms with Crippen LogP contribution in [0.1, 0.15) is 102 Å². The molecule has 0 saturated carbocycles. The van der Waals surface area contributed by atoms with E-state index in [1.807, 2.05) is 12.1 Å². The third-order valence-electron chi connectivity index (χ3n) is 24.9. The lowest BCUT2D eigenvalue weighted by atomic mass is 9.79. The SMILES string of the molecule is CCCCCCCCc1ccc(-c2cc(-c3ccccc3)c3cccc(-c4ccc(-c5c6ccccc6c(-c6cccc7ccccc67)c6ccccc56)cc4)c3n2)cc1.CCCCCCCCc1ccc(-c2cc(-c3ccccc3)c3cccc(Br)c3n2)cc1.OB(O)c1ccc(-c2c3ccccc3c(-c3cccc4ccccc34)c3ccccc23)cc1. The normalized spacial score (nSPS) is 11.4. The van der Waals surface area contributed by atoms with Crippen LogP contribution in [-0.2, 0) is 12.8 Å². The van der Waals surface area contributed by atoms with Crippen molar-refractivity contribution >= 4 is 115 Å². The smallest absolute Gasteiger partial charge is 0.423 e. The number of nitrogens with zero attached hydrogens (tertiary/aromatic N) is 2. The molecule has 18 aromatic carbocycles. The molecule has 0 bridgehead atoms. The fraction of sp³-hybridized carbons (Fsp3) is 0.136. The molecule has 2 aromatic heterocycles. The lowest BCUT2D eigenvalue weighted by molar-refractivity contribution is 0.426. The first kappa shape index (κ1) is 81.8. The molecule has 2 heterocycles. The van der Waals surface area contributed by atoms with Gasteiger partial charge in [0.25, 0.3) is 0 Å². The Hall–Kier alpha value is -13.2. The van der Waals surface area contributed by atoms with Crippen LogP contribution in [-0.4, -0.2) is 27.1 Å². The minimum absolute atomic E-state index is 0.486. The number of unbranched alkanes of at least 4 members (excludes halogenated alkanes) is 10. The highest BCUT2D eigenvalue weighted by Gasteiger charge is 2.23. The van der Waals surface area contributed by atoms with E-state index in [-0.39, 0.29) is 0 Å². The lowest BCUT2D eigenvalue weighted by Gasteiger charge is -2.19. The minimum Gasteiger partial charge on any atom is -0.423 e. The largest absolute Gasteiger partial charge is 0.488 e. The van der Waals surface area contributed by atoms with Crippen molar-refractivity contribution in [1.29, 1.82) is 0 Å². The van der Waals surface area contributed by atoms with Gasteiger partial charge in [0.15, 0.2) is 0 Å². The molecule has 6 heteroatoms. The molecule has 20 rings (SSSR count). The van der Waals surface area contributed by atoms with Gasteiger partial charge in [-0.3, -0.25) is 0 Å². The van der Waals surface area contributed by atoms with E-state index < -0.39 is 7.12 Å². The van der Waals surface area contributed by atoms with Crippen LogP contribution in [0.15, 0.2) is 393 Å². The Labute approximate surface area is 737 Å². The summed E-state index contributed by atoms with van der Waals surface area (Å²) in [5.41, 5.74) is 26.5. The molecule has 0 saturated heterocycles. The van der Waals surface area contributed by atoms with Gasteiger partial charge in [-0.1, -0.05) is 448 Å². The van der Waals surface area contributed by atoms with E-state index >= 15 is 0 Å². The molecule has 0 unspecified atom stereocenters. The molecule has 0 fully saturated rings. The van der Waals surface area contributed by atoms with E-state index in [0.717, 1.165) is 66.5 Å². The zero-order chi connectivity index (χ0) is 84.1. The standard InChI is InChI=1S/C59H49N.C30H21BO2.C29H30BrN/c1-2-3-4-5-6-8-19-41-32-34-45(35-33-41)56-40-55(43-20-9-7-10-21-43)54-31-18-29-48(59(54)60-56)44-36-38-46(39-37-44)57-50-25-13-15-27-52(50)58(53-28-16-14-26-51(53)57)49-30-17-23-42-22-11-12-24-47(42)49;32-31(33)22-18-16-21(17-19-22)29-25-11-3-5-13-27(25)30(28-14-6-4-12-26(28)29)24-15-7-9-20-8-1-2-10-23(20)24;1-2-3-4-5-6-8-12-22-17-19-24(20-18-22)28-21-26(23-13-9-7-10-14-23)25-15-11-16-27(30)29(25)31-28/h7,9-18,20-40H,2-6,8,19H2,1H3;1-19,32-33H;7,9-11,13-21H,2-6,8,12H2,1H3. The molecule has 20 aromatic rings. The Morgan fingerprint density at radius 3 is 0.952 bits per heavy atom. The number of aromatic nitrogens is 2. The van der Waals surface area contributed by atoms with E-state index in [9.17, 15) is 10.0 Å². The summed E-state index contributed by atoms with van der Waals surface area (Å²) in [5.74, 6) is 0. The van der Waals surface area contributed by atoms with Crippen LogP contribution in [0.5, 0.6) is 0 Å². The van der Waals surface area contributed by atoms with Gasteiger partial charge in [-0.05, 0) is 213 Å². The third kappa shape index (κ3) is 17.5. The topological polar surface area (TPSA) is 66.2 Å². The molecule has 0 aliphatic carbocycles. The van der Waals surface area contributed by atoms with Crippen molar-refractivity contribution in [3.63, 3.8) is 0 Å². The van der Waals surface area contributed by atoms with Crippen molar-refractivity contribution in [3.05, 3.63) is 404 Å². The summed E-state index contributed by atoms with van der Waals surface area (Å²) >= 11 is 3.71. The summed E-state index contributed by atoms with van der Waals surface area (Å²) in [6.45, 7) is 4.55. The highest BCUT2D eigenvalue weighted by atomic mass is 79.9. The Balaban J connectivity index is 0.000000138. The zero-order valence-electron chi connectivity index (χ0n) is 70.6. The molecule has 0 aliphatic heterocycles. The first-order valence-corrected chi connectivity index (χ1v) is 45.3. The first-order chi connectivity index (χ1) is 61.2. The van der Waals surface area contributed by atoms with Crippen LogP contribution in [0, 0.1) is 0 Å². The predicted octanol–water partition coefficient (Wildman–Crippen LogP) is 32.3. The number of hydrogen-bond donors (Lipinski definition) is 2. The van der Waals surface area contributed by atoms with Gasteiger partial charge in [-0.2, -0.15) is 0 Å². The van der Waals surface area contributed by atoms with Crippen molar-refractivity contribution in [2.24, 2.45) is 0 Å². The quantitative estimate of drug-likeness (QED) is 0.0359. The number of fused-ring (bicyclic) bond motifs is 8. The van der Waals surface area contributed by atoms with Gasteiger partial charge in [-0.25, -0.2) is 9.97 Å². The molecule has 0 amide bonds. The number of para-hydroxylation sites is 2. The molecule has 604 valence electrons.